The van der Waals surface area contributed by atoms with E-state index < -0.39 is 0 Å². The normalized spacial score (nSPS) is 31.3. The van der Waals surface area contributed by atoms with Crippen molar-refractivity contribution < 1.29 is 14.2 Å². The first kappa shape index (κ1) is 14.3. The molecule has 0 aromatic heterocycles. The second-order valence-corrected chi connectivity index (χ2v) is 6.18. The molecule has 0 bridgehead atoms. The van der Waals surface area contributed by atoms with Gasteiger partial charge in [0.05, 0.1) is 31.5 Å². The number of hydrogen-bond acceptors (Lipinski definition) is 3. The van der Waals surface area contributed by atoms with Gasteiger partial charge in [0.15, 0.2) is 0 Å². The van der Waals surface area contributed by atoms with E-state index in [0.29, 0.717) is 24.4 Å². The molecule has 3 heteroatoms. The van der Waals surface area contributed by atoms with Crippen molar-refractivity contribution >= 4 is 0 Å². The Morgan fingerprint density at radius 2 is 1.83 bits per heavy atom. The van der Waals surface area contributed by atoms with Crippen molar-refractivity contribution in [2.45, 2.75) is 77.3 Å². The van der Waals surface area contributed by atoms with Gasteiger partial charge in [-0.2, -0.15) is 0 Å². The van der Waals surface area contributed by atoms with E-state index in [0.717, 1.165) is 19.1 Å². The fraction of sp³-hybridized carbons (Fsp3) is 1.00. The Morgan fingerprint density at radius 3 is 2.44 bits per heavy atom. The molecule has 3 unspecified atom stereocenters. The van der Waals surface area contributed by atoms with E-state index in [1.54, 1.807) is 0 Å². The van der Waals surface area contributed by atoms with Gasteiger partial charge in [0.2, 0.25) is 0 Å². The van der Waals surface area contributed by atoms with Crippen molar-refractivity contribution in [1.29, 1.82) is 0 Å². The van der Waals surface area contributed by atoms with Crippen LogP contribution in [-0.4, -0.2) is 37.6 Å². The van der Waals surface area contributed by atoms with Gasteiger partial charge in [0, 0.05) is 0 Å². The van der Waals surface area contributed by atoms with E-state index in [4.69, 9.17) is 14.2 Å². The molecule has 3 nitrogen and oxygen atoms in total. The van der Waals surface area contributed by atoms with Crippen molar-refractivity contribution in [3.05, 3.63) is 0 Å². The molecule has 18 heavy (non-hydrogen) atoms. The second kappa shape index (κ2) is 6.88. The van der Waals surface area contributed by atoms with Crippen LogP contribution in [0.1, 0.15) is 52.9 Å². The van der Waals surface area contributed by atoms with Crippen LogP contribution in [0.2, 0.25) is 0 Å². The summed E-state index contributed by atoms with van der Waals surface area (Å²) in [7, 11) is 0. The van der Waals surface area contributed by atoms with Gasteiger partial charge >= 0.3 is 0 Å². The standard InChI is InChI=1S/C15H28O3/c1-11(2)17-14-6-4-5-13(8-14)7-12(3)18-15-9-16-10-15/h11-15H,4-10H2,1-3H3. The maximum Gasteiger partial charge on any atom is 0.104 e. The molecule has 1 aliphatic carbocycles. The lowest BCUT2D eigenvalue weighted by molar-refractivity contribution is -0.155. The van der Waals surface area contributed by atoms with Gasteiger partial charge in [0.25, 0.3) is 0 Å². The summed E-state index contributed by atoms with van der Waals surface area (Å²) >= 11 is 0. The lowest BCUT2D eigenvalue weighted by Gasteiger charge is -2.34. The van der Waals surface area contributed by atoms with Gasteiger partial charge in [-0.25, -0.2) is 0 Å². The first-order valence-corrected chi connectivity index (χ1v) is 7.52. The van der Waals surface area contributed by atoms with E-state index in [9.17, 15) is 0 Å². The minimum Gasteiger partial charge on any atom is -0.376 e. The largest absolute Gasteiger partial charge is 0.376 e. The quantitative estimate of drug-likeness (QED) is 0.730. The van der Waals surface area contributed by atoms with Gasteiger partial charge in [0.1, 0.15) is 6.10 Å². The summed E-state index contributed by atoms with van der Waals surface area (Å²) in [5, 5.41) is 0. The zero-order valence-electron chi connectivity index (χ0n) is 12.1. The van der Waals surface area contributed by atoms with Crippen LogP contribution in [0.5, 0.6) is 0 Å². The average Bonchev–Trinajstić information content (AvgIpc) is 2.23. The number of hydrogen-bond donors (Lipinski definition) is 0. The molecule has 0 spiro atoms. The summed E-state index contributed by atoms with van der Waals surface area (Å²) in [5.74, 6) is 0.776. The zero-order chi connectivity index (χ0) is 13.0. The summed E-state index contributed by atoms with van der Waals surface area (Å²) in [6.45, 7) is 8.03. The third kappa shape index (κ3) is 4.52. The van der Waals surface area contributed by atoms with E-state index in [1.807, 2.05) is 0 Å². The fourth-order valence-corrected chi connectivity index (χ4v) is 3.11. The van der Waals surface area contributed by atoms with Crippen LogP contribution < -0.4 is 0 Å². The summed E-state index contributed by atoms with van der Waals surface area (Å²) in [5.41, 5.74) is 0. The van der Waals surface area contributed by atoms with Gasteiger partial charge < -0.3 is 14.2 Å². The minimum atomic E-state index is 0.353. The minimum absolute atomic E-state index is 0.353. The van der Waals surface area contributed by atoms with Crippen LogP contribution in [0.3, 0.4) is 0 Å². The van der Waals surface area contributed by atoms with E-state index in [1.165, 1.54) is 32.1 Å². The van der Waals surface area contributed by atoms with Crippen LogP contribution in [-0.2, 0) is 14.2 Å². The van der Waals surface area contributed by atoms with E-state index in [2.05, 4.69) is 20.8 Å². The first-order chi connectivity index (χ1) is 8.63. The molecular formula is C15H28O3. The Hall–Kier alpha value is -0.120. The Balaban J connectivity index is 1.67. The third-order valence-electron chi connectivity index (χ3n) is 3.90. The molecular weight excluding hydrogens is 228 g/mol. The molecule has 1 saturated carbocycles. The molecule has 1 aliphatic heterocycles. The summed E-state index contributed by atoms with van der Waals surface area (Å²) in [6, 6.07) is 0. The monoisotopic (exact) mass is 256 g/mol. The number of ether oxygens (including phenoxy) is 3. The van der Waals surface area contributed by atoms with Crippen molar-refractivity contribution in [3.63, 3.8) is 0 Å². The maximum absolute atomic E-state index is 5.96. The molecule has 0 aromatic rings. The van der Waals surface area contributed by atoms with Crippen molar-refractivity contribution in [2.75, 3.05) is 13.2 Å². The van der Waals surface area contributed by atoms with Crippen LogP contribution in [0.4, 0.5) is 0 Å². The Bertz CT molecular complexity index is 238. The smallest absolute Gasteiger partial charge is 0.104 e. The lowest BCUT2D eigenvalue weighted by atomic mass is 9.83. The Morgan fingerprint density at radius 1 is 1.06 bits per heavy atom. The highest BCUT2D eigenvalue weighted by molar-refractivity contribution is 4.77. The highest BCUT2D eigenvalue weighted by Crippen LogP contribution is 2.31. The Labute approximate surface area is 111 Å². The van der Waals surface area contributed by atoms with E-state index >= 15 is 0 Å². The summed E-state index contributed by atoms with van der Waals surface area (Å²) in [6.07, 6.45) is 7.82. The molecule has 2 rings (SSSR count). The molecule has 0 radical (unpaired) electrons. The average molecular weight is 256 g/mol. The van der Waals surface area contributed by atoms with Gasteiger partial charge in [-0.1, -0.05) is 12.8 Å². The van der Waals surface area contributed by atoms with E-state index in [-0.39, 0.29) is 0 Å². The topological polar surface area (TPSA) is 27.7 Å². The highest BCUT2D eigenvalue weighted by Gasteiger charge is 2.27. The van der Waals surface area contributed by atoms with Gasteiger partial charge in [-0.15, -0.1) is 0 Å². The third-order valence-corrected chi connectivity index (χ3v) is 3.90. The molecule has 3 atom stereocenters. The molecule has 0 amide bonds. The maximum atomic E-state index is 5.96. The summed E-state index contributed by atoms with van der Waals surface area (Å²) < 4.78 is 17.0. The van der Waals surface area contributed by atoms with Gasteiger partial charge in [-0.3, -0.25) is 0 Å². The van der Waals surface area contributed by atoms with Crippen molar-refractivity contribution in [2.24, 2.45) is 5.92 Å². The second-order valence-electron chi connectivity index (χ2n) is 6.18. The first-order valence-electron chi connectivity index (χ1n) is 7.52. The SMILES string of the molecule is CC(C)OC1CCCC(CC(C)OC2COC2)C1. The fourth-order valence-electron chi connectivity index (χ4n) is 3.11. The molecule has 1 heterocycles. The van der Waals surface area contributed by atoms with Gasteiger partial charge in [-0.05, 0) is 46.0 Å². The molecule has 2 aliphatic rings. The Kier molecular flexibility index (Phi) is 5.46. The molecule has 2 fully saturated rings. The van der Waals surface area contributed by atoms with Crippen molar-refractivity contribution in [1.82, 2.24) is 0 Å². The predicted molar refractivity (Wildman–Crippen MR) is 71.7 cm³/mol. The lowest BCUT2D eigenvalue weighted by Crippen LogP contribution is -2.39. The molecule has 106 valence electrons. The van der Waals surface area contributed by atoms with Crippen LogP contribution in [0, 0.1) is 5.92 Å². The van der Waals surface area contributed by atoms with Crippen LogP contribution >= 0.6 is 0 Å². The van der Waals surface area contributed by atoms with Crippen LogP contribution in [0.25, 0.3) is 0 Å². The van der Waals surface area contributed by atoms with Crippen LogP contribution in [0.15, 0.2) is 0 Å². The predicted octanol–water partition coefficient (Wildman–Crippen LogP) is 3.16. The zero-order valence-corrected chi connectivity index (χ0v) is 12.1. The molecule has 1 saturated heterocycles. The molecule has 0 N–H and O–H groups in total. The highest BCUT2D eigenvalue weighted by atomic mass is 16.6. The molecule has 0 aromatic carbocycles. The summed E-state index contributed by atoms with van der Waals surface area (Å²) in [4.78, 5) is 0. The van der Waals surface area contributed by atoms with Crippen molar-refractivity contribution in [3.8, 4) is 0 Å². The number of rotatable bonds is 6.